The predicted molar refractivity (Wildman–Crippen MR) is 47.9 cm³/mol. The lowest BCUT2D eigenvalue weighted by atomic mass is 9.99. The number of carbonyl (C=O) groups is 1. The Morgan fingerprint density at radius 2 is 2.25 bits per heavy atom. The first-order valence-electron chi connectivity index (χ1n) is 4.06. The SMILES string of the molecule is CC(C)C(N)C(=O)c1ccc[nH]1. The van der Waals surface area contributed by atoms with E-state index in [-0.39, 0.29) is 11.7 Å². The van der Waals surface area contributed by atoms with E-state index in [0.29, 0.717) is 5.69 Å². The summed E-state index contributed by atoms with van der Waals surface area (Å²) in [6.45, 7) is 3.87. The molecular weight excluding hydrogens is 152 g/mol. The maximum absolute atomic E-state index is 11.5. The zero-order chi connectivity index (χ0) is 9.14. The molecule has 0 fully saturated rings. The molecule has 66 valence electrons. The maximum atomic E-state index is 11.5. The van der Waals surface area contributed by atoms with Crippen molar-refractivity contribution in [1.29, 1.82) is 0 Å². The molecule has 12 heavy (non-hydrogen) atoms. The number of H-pyrrole nitrogens is 1. The van der Waals surface area contributed by atoms with Crippen molar-refractivity contribution in [3.05, 3.63) is 24.0 Å². The minimum Gasteiger partial charge on any atom is -0.359 e. The van der Waals surface area contributed by atoms with Crippen molar-refractivity contribution in [2.75, 3.05) is 0 Å². The molecule has 0 spiro atoms. The Kier molecular flexibility index (Phi) is 2.65. The predicted octanol–water partition coefficient (Wildman–Crippen LogP) is 1.18. The van der Waals surface area contributed by atoms with Crippen LogP contribution in [0.1, 0.15) is 24.3 Å². The van der Waals surface area contributed by atoms with Crippen LogP contribution in [0.2, 0.25) is 0 Å². The van der Waals surface area contributed by atoms with E-state index >= 15 is 0 Å². The van der Waals surface area contributed by atoms with Crippen molar-refractivity contribution in [2.45, 2.75) is 19.9 Å². The maximum Gasteiger partial charge on any atom is 0.195 e. The highest BCUT2D eigenvalue weighted by atomic mass is 16.1. The fourth-order valence-corrected chi connectivity index (χ4v) is 0.966. The van der Waals surface area contributed by atoms with Gasteiger partial charge in [-0.05, 0) is 18.1 Å². The third-order valence-electron chi connectivity index (χ3n) is 1.88. The highest BCUT2D eigenvalue weighted by molar-refractivity contribution is 5.98. The fraction of sp³-hybridized carbons (Fsp3) is 0.444. The lowest BCUT2D eigenvalue weighted by Gasteiger charge is -2.12. The molecule has 1 rings (SSSR count). The molecule has 0 aliphatic carbocycles. The molecule has 0 saturated carbocycles. The van der Waals surface area contributed by atoms with Gasteiger partial charge < -0.3 is 10.7 Å². The van der Waals surface area contributed by atoms with Crippen LogP contribution >= 0.6 is 0 Å². The van der Waals surface area contributed by atoms with Gasteiger partial charge in [-0.15, -0.1) is 0 Å². The second-order valence-corrected chi connectivity index (χ2v) is 3.22. The van der Waals surface area contributed by atoms with Gasteiger partial charge in [-0.2, -0.15) is 0 Å². The molecule has 0 radical (unpaired) electrons. The molecule has 3 heteroatoms. The number of ketones is 1. The highest BCUT2D eigenvalue weighted by Crippen LogP contribution is 2.06. The van der Waals surface area contributed by atoms with Crippen LogP contribution in [0, 0.1) is 5.92 Å². The molecule has 0 amide bonds. The van der Waals surface area contributed by atoms with Gasteiger partial charge in [-0.3, -0.25) is 4.79 Å². The van der Waals surface area contributed by atoms with Crippen molar-refractivity contribution in [2.24, 2.45) is 11.7 Å². The molecule has 1 heterocycles. The molecule has 1 aromatic rings. The van der Waals surface area contributed by atoms with E-state index < -0.39 is 6.04 Å². The van der Waals surface area contributed by atoms with Crippen LogP contribution in [-0.2, 0) is 0 Å². The number of nitrogens with two attached hydrogens (primary N) is 1. The molecule has 0 saturated heterocycles. The van der Waals surface area contributed by atoms with Crippen LogP contribution in [0.5, 0.6) is 0 Å². The van der Waals surface area contributed by atoms with Crippen molar-refractivity contribution in [1.82, 2.24) is 4.98 Å². The molecule has 1 atom stereocenters. The summed E-state index contributed by atoms with van der Waals surface area (Å²) in [5.41, 5.74) is 6.28. The molecule has 1 unspecified atom stereocenters. The molecule has 0 aliphatic heterocycles. The first-order chi connectivity index (χ1) is 5.63. The molecule has 0 bridgehead atoms. The molecular formula is C9H14N2O. The number of Topliss-reactive ketones (excluding diaryl/α,β-unsaturated/α-hetero) is 1. The van der Waals surface area contributed by atoms with Crippen molar-refractivity contribution in [3.8, 4) is 0 Å². The van der Waals surface area contributed by atoms with Gasteiger partial charge in [0.1, 0.15) is 0 Å². The van der Waals surface area contributed by atoms with Crippen LogP contribution < -0.4 is 5.73 Å². The first kappa shape index (κ1) is 9.00. The minimum absolute atomic E-state index is 0.0185. The van der Waals surface area contributed by atoms with Gasteiger partial charge in [0, 0.05) is 6.20 Å². The van der Waals surface area contributed by atoms with E-state index in [1.165, 1.54) is 0 Å². The Morgan fingerprint density at radius 1 is 1.58 bits per heavy atom. The Hall–Kier alpha value is -1.09. The number of carbonyl (C=O) groups excluding carboxylic acids is 1. The summed E-state index contributed by atoms with van der Waals surface area (Å²) in [5, 5.41) is 0. The fourth-order valence-electron chi connectivity index (χ4n) is 0.966. The summed E-state index contributed by atoms with van der Waals surface area (Å²) >= 11 is 0. The van der Waals surface area contributed by atoms with Gasteiger partial charge >= 0.3 is 0 Å². The van der Waals surface area contributed by atoms with Crippen LogP contribution in [0.15, 0.2) is 18.3 Å². The summed E-state index contributed by atoms with van der Waals surface area (Å²) in [6, 6.07) is 3.13. The first-order valence-corrected chi connectivity index (χ1v) is 4.06. The summed E-state index contributed by atoms with van der Waals surface area (Å²) in [4.78, 5) is 14.3. The largest absolute Gasteiger partial charge is 0.359 e. The van der Waals surface area contributed by atoms with Crippen molar-refractivity contribution < 1.29 is 4.79 Å². The lowest BCUT2D eigenvalue weighted by Crippen LogP contribution is -2.35. The highest BCUT2D eigenvalue weighted by Gasteiger charge is 2.18. The number of hydrogen-bond donors (Lipinski definition) is 2. The number of nitrogens with one attached hydrogen (secondary N) is 1. The number of aromatic amines is 1. The second kappa shape index (κ2) is 3.54. The third-order valence-corrected chi connectivity index (χ3v) is 1.88. The van der Waals surface area contributed by atoms with Crippen LogP contribution in [0.3, 0.4) is 0 Å². The van der Waals surface area contributed by atoms with E-state index in [1.807, 2.05) is 13.8 Å². The lowest BCUT2D eigenvalue weighted by molar-refractivity contribution is 0.0936. The van der Waals surface area contributed by atoms with Gasteiger partial charge in [0.25, 0.3) is 0 Å². The Labute approximate surface area is 72.0 Å². The zero-order valence-electron chi connectivity index (χ0n) is 7.37. The van der Waals surface area contributed by atoms with E-state index in [2.05, 4.69) is 4.98 Å². The van der Waals surface area contributed by atoms with Gasteiger partial charge in [0.15, 0.2) is 5.78 Å². The number of rotatable bonds is 3. The number of aromatic nitrogens is 1. The van der Waals surface area contributed by atoms with Crippen molar-refractivity contribution >= 4 is 5.78 Å². The van der Waals surface area contributed by atoms with E-state index in [0.717, 1.165) is 0 Å². The minimum atomic E-state index is -0.399. The molecule has 1 aromatic heterocycles. The zero-order valence-corrected chi connectivity index (χ0v) is 7.37. The molecule has 0 aromatic carbocycles. The smallest absolute Gasteiger partial charge is 0.195 e. The van der Waals surface area contributed by atoms with Gasteiger partial charge in [-0.1, -0.05) is 13.8 Å². The van der Waals surface area contributed by atoms with Crippen molar-refractivity contribution in [3.63, 3.8) is 0 Å². The normalized spacial score (nSPS) is 13.3. The Balaban J connectivity index is 2.72. The van der Waals surface area contributed by atoms with Gasteiger partial charge in [0.05, 0.1) is 11.7 Å². The monoisotopic (exact) mass is 166 g/mol. The van der Waals surface area contributed by atoms with E-state index in [4.69, 9.17) is 5.73 Å². The second-order valence-electron chi connectivity index (χ2n) is 3.22. The summed E-state index contributed by atoms with van der Waals surface area (Å²) in [5.74, 6) is 0.163. The quantitative estimate of drug-likeness (QED) is 0.662. The summed E-state index contributed by atoms with van der Waals surface area (Å²) in [7, 11) is 0. The third kappa shape index (κ3) is 1.74. The Morgan fingerprint density at radius 3 is 2.67 bits per heavy atom. The van der Waals surface area contributed by atoms with Crippen LogP contribution in [0.25, 0.3) is 0 Å². The molecule has 3 N–H and O–H groups in total. The number of hydrogen-bond acceptors (Lipinski definition) is 2. The van der Waals surface area contributed by atoms with E-state index in [9.17, 15) is 4.79 Å². The standard InChI is InChI=1S/C9H14N2O/c1-6(2)8(10)9(12)7-4-3-5-11-7/h3-6,8,11H,10H2,1-2H3. The average molecular weight is 166 g/mol. The average Bonchev–Trinajstić information content (AvgIpc) is 2.53. The topological polar surface area (TPSA) is 58.9 Å². The molecule has 3 nitrogen and oxygen atoms in total. The van der Waals surface area contributed by atoms with Crippen LogP contribution in [-0.4, -0.2) is 16.8 Å². The van der Waals surface area contributed by atoms with Crippen LogP contribution in [0.4, 0.5) is 0 Å². The Bertz CT molecular complexity index is 252. The summed E-state index contributed by atoms with van der Waals surface area (Å²) < 4.78 is 0. The summed E-state index contributed by atoms with van der Waals surface area (Å²) in [6.07, 6.45) is 1.72. The van der Waals surface area contributed by atoms with E-state index in [1.54, 1.807) is 18.3 Å². The van der Waals surface area contributed by atoms with Gasteiger partial charge in [-0.25, -0.2) is 0 Å². The van der Waals surface area contributed by atoms with Gasteiger partial charge in [0.2, 0.25) is 0 Å². The molecule has 0 aliphatic rings.